The van der Waals surface area contributed by atoms with Gasteiger partial charge in [-0.25, -0.2) is 4.39 Å². The zero-order valence-corrected chi connectivity index (χ0v) is 12.5. The van der Waals surface area contributed by atoms with Crippen LogP contribution in [0.15, 0.2) is 48.5 Å². The summed E-state index contributed by atoms with van der Waals surface area (Å²) in [5.74, 6) is -0.324. The largest absolute Gasteiger partial charge is 0.327 e. The van der Waals surface area contributed by atoms with Crippen LogP contribution in [0.5, 0.6) is 0 Å². The SMILES string of the molecule is CC(C)(c1ccccc1)C(N)Cc1ccc(F)cc1Cl. The minimum Gasteiger partial charge on any atom is -0.327 e. The summed E-state index contributed by atoms with van der Waals surface area (Å²) in [6.45, 7) is 4.23. The smallest absolute Gasteiger partial charge is 0.124 e. The molecule has 0 aliphatic carbocycles. The molecule has 2 aromatic rings. The quantitative estimate of drug-likeness (QED) is 0.891. The number of hydrogen-bond donors (Lipinski definition) is 1. The third-order valence-electron chi connectivity index (χ3n) is 3.90. The molecule has 0 heterocycles. The third-order valence-corrected chi connectivity index (χ3v) is 4.25. The van der Waals surface area contributed by atoms with Gasteiger partial charge in [-0.3, -0.25) is 0 Å². The van der Waals surface area contributed by atoms with Crippen LogP contribution < -0.4 is 5.73 Å². The first-order chi connectivity index (χ1) is 9.41. The van der Waals surface area contributed by atoms with Crippen molar-refractivity contribution in [1.82, 2.24) is 0 Å². The highest BCUT2D eigenvalue weighted by atomic mass is 35.5. The van der Waals surface area contributed by atoms with Crippen LogP contribution in [0.3, 0.4) is 0 Å². The van der Waals surface area contributed by atoms with Gasteiger partial charge in [0, 0.05) is 16.5 Å². The van der Waals surface area contributed by atoms with Crippen LogP contribution >= 0.6 is 11.6 Å². The second-order valence-corrected chi connectivity index (χ2v) is 6.04. The number of rotatable bonds is 4. The lowest BCUT2D eigenvalue weighted by Crippen LogP contribution is -2.42. The van der Waals surface area contributed by atoms with Crippen molar-refractivity contribution in [3.63, 3.8) is 0 Å². The normalized spacial score (nSPS) is 13.2. The molecule has 0 aliphatic heterocycles. The summed E-state index contributed by atoms with van der Waals surface area (Å²) in [5.41, 5.74) is 8.25. The molecule has 2 rings (SSSR count). The van der Waals surface area contributed by atoms with Crippen molar-refractivity contribution in [3.05, 3.63) is 70.5 Å². The predicted molar refractivity (Wildman–Crippen MR) is 82.6 cm³/mol. The molecule has 3 heteroatoms. The fourth-order valence-electron chi connectivity index (χ4n) is 2.26. The molecule has 2 aromatic carbocycles. The van der Waals surface area contributed by atoms with E-state index in [4.69, 9.17) is 17.3 Å². The fourth-order valence-corrected chi connectivity index (χ4v) is 2.51. The van der Waals surface area contributed by atoms with E-state index in [1.807, 2.05) is 18.2 Å². The lowest BCUT2D eigenvalue weighted by molar-refractivity contribution is 0.406. The first-order valence-electron chi connectivity index (χ1n) is 6.66. The maximum Gasteiger partial charge on any atom is 0.124 e. The van der Waals surface area contributed by atoms with Crippen LogP contribution in [-0.2, 0) is 11.8 Å². The molecule has 0 saturated heterocycles. The Hall–Kier alpha value is -1.38. The molecule has 20 heavy (non-hydrogen) atoms. The van der Waals surface area contributed by atoms with E-state index in [1.165, 1.54) is 17.7 Å². The molecule has 0 aliphatic rings. The highest BCUT2D eigenvalue weighted by Gasteiger charge is 2.28. The van der Waals surface area contributed by atoms with Crippen molar-refractivity contribution in [2.24, 2.45) is 5.73 Å². The molecule has 1 nitrogen and oxygen atoms in total. The Kier molecular flexibility index (Phi) is 4.46. The number of benzene rings is 2. The minimum absolute atomic E-state index is 0.104. The summed E-state index contributed by atoms with van der Waals surface area (Å²) in [4.78, 5) is 0. The Morgan fingerprint density at radius 1 is 1.15 bits per heavy atom. The Labute approximate surface area is 124 Å². The van der Waals surface area contributed by atoms with Crippen LogP contribution in [0.1, 0.15) is 25.0 Å². The molecular weight excluding hydrogens is 273 g/mol. The topological polar surface area (TPSA) is 26.0 Å². The first-order valence-corrected chi connectivity index (χ1v) is 7.04. The standard InChI is InChI=1S/C17H19ClFN/c1-17(2,13-6-4-3-5-7-13)16(20)10-12-8-9-14(19)11-15(12)18/h3-9,11,16H,10,20H2,1-2H3. The van der Waals surface area contributed by atoms with E-state index in [0.717, 1.165) is 5.56 Å². The van der Waals surface area contributed by atoms with E-state index in [9.17, 15) is 4.39 Å². The number of hydrogen-bond acceptors (Lipinski definition) is 1. The van der Waals surface area contributed by atoms with E-state index < -0.39 is 0 Å². The molecule has 106 valence electrons. The van der Waals surface area contributed by atoms with Crippen LogP contribution in [0.25, 0.3) is 0 Å². The zero-order valence-electron chi connectivity index (χ0n) is 11.7. The van der Waals surface area contributed by atoms with Crippen LogP contribution in [0.4, 0.5) is 4.39 Å². The highest BCUT2D eigenvalue weighted by Crippen LogP contribution is 2.29. The van der Waals surface area contributed by atoms with Crippen molar-refractivity contribution in [1.29, 1.82) is 0 Å². The third kappa shape index (κ3) is 3.20. The Morgan fingerprint density at radius 2 is 1.80 bits per heavy atom. The van der Waals surface area contributed by atoms with Crippen molar-refractivity contribution in [2.45, 2.75) is 31.7 Å². The van der Waals surface area contributed by atoms with Crippen molar-refractivity contribution < 1.29 is 4.39 Å². The van der Waals surface area contributed by atoms with E-state index >= 15 is 0 Å². The Morgan fingerprint density at radius 3 is 2.40 bits per heavy atom. The van der Waals surface area contributed by atoms with Gasteiger partial charge < -0.3 is 5.73 Å². The second-order valence-electron chi connectivity index (χ2n) is 5.63. The van der Waals surface area contributed by atoms with Crippen LogP contribution in [0, 0.1) is 5.82 Å². The van der Waals surface area contributed by atoms with Gasteiger partial charge in [0.1, 0.15) is 5.82 Å². The molecule has 0 aromatic heterocycles. The molecule has 0 saturated carbocycles. The fraction of sp³-hybridized carbons (Fsp3) is 0.294. The first kappa shape index (κ1) is 15.0. The molecule has 0 amide bonds. The van der Waals surface area contributed by atoms with Gasteiger partial charge in [-0.1, -0.05) is 61.8 Å². The van der Waals surface area contributed by atoms with Gasteiger partial charge in [0.2, 0.25) is 0 Å². The molecule has 0 radical (unpaired) electrons. The molecule has 0 spiro atoms. The summed E-state index contributed by atoms with van der Waals surface area (Å²) < 4.78 is 13.1. The Balaban J connectivity index is 2.21. The van der Waals surface area contributed by atoms with Gasteiger partial charge in [-0.15, -0.1) is 0 Å². The highest BCUT2D eigenvalue weighted by molar-refractivity contribution is 6.31. The lowest BCUT2D eigenvalue weighted by atomic mass is 9.76. The van der Waals surface area contributed by atoms with Gasteiger partial charge in [-0.05, 0) is 29.7 Å². The van der Waals surface area contributed by atoms with Gasteiger partial charge in [-0.2, -0.15) is 0 Å². The van der Waals surface area contributed by atoms with Gasteiger partial charge in [0.25, 0.3) is 0 Å². The molecule has 0 fully saturated rings. The van der Waals surface area contributed by atoms with Crippen molar-refractivity contribution in [2.75, 3.05) is 0 Å². The summed E-state index contributed by atoms with van der Waals surface area (Å²) >= 11 is 6.07. The van der Waals surface area contributed by atoms with E-state index in [-0.39, 0.29) is 17.3 Å². The monoisotopic (exact) mass is 291 g/mol. The molecule has 1 atom stereocenters. The van der Waals surface area contributed by atoms with E-state index in [1.54, 1.807) is 6.07 Å². The average Bonchev–Trinajstić information content (AvgIpc) is 2.42. The summed E-state index contributed by atoms with van der Waals surface area (Å²) in [7, 11) is 0. The molecular formula is C17H19ClFN. The molecule has 2 N–H and O–H groups in total. The lowest BCUT2D eigenvalue weighted by Gasteiger charge is -2.32. The van der Waals surface area contributed by atoms with Crippen molar-refractivity contribution >= 4 is 11.6 Å². The second kappa shape index (κ2) is 5.94. The van der Waals surface area contributed by atoms with Gasteiger partial charge in [0.05, 0.1) is 0 Å². The molecule has 0 bridgehead atoms. The summed E-state index contributed by atoms with van der Waals surface area (Å²) in [6, 6.07) is 14.5. The van der Waals surface area contributed by atoms with E-state index in [0.29, 0.717) is 11.4 Å². The van der Waals surface area contributed by atoms with Gasteiger partial charge in [0.15, 0.2) is 0 Å². The zero-order chi connectivity index (χ0) is 14.8. The minimum atomic E-state index is -0.324. The number of halogens is 2. The Bertz CT molecular complexity index is 581. The maximum absolute atomic E-state index is 13.1. The average molecular weight is 292 g/mol. The van der Waals surface area contributed by atoms with Crippen molar-refractivity contribution in [3.8, 4) is 0 Å². The van der Waals surface area contributed by atoms with Crippen LogP contribution in [-0.4, -0.2) is 6.04 Å². The maximum atomic E-state index is 13.1. The van der Waals surface area contributed by atoms with Gasteiger partial charge >= 0.3 is 0 Å². The van der Waals surface area contributed by atoms with Crippen LogP contribution in [0.2, 0.25) is 5.02 Å². The van der Waals surface area contributed by atoms with E-state index in [2.05, 4.69) is 26.0 Å². The predicted octanol–water partition coefficient (Wildman–Crippen LogP) is 4.33. The summed E-state index contributed by atoms with van der Waals surface area (Å²) in [5, 5.41) is 0.435. The number of nitrogens with two attached hydrogens (primary N) is 1. The molecule has 1 unspecified atom stereocenters. The summed E-state index contributed by atoms with van der Waals surface area (Å²) in [6.07, 6.45) is 0.612.